The van der Waals surface area contributed by atoms with E-state index in [1.54, 1.807) is 12.4 Å². The molecule has 0 unspecified atom stereocenters. The molecule has 0 radical (unpaired) electrons. The average Bonchev–Trinajstić information content (AvgIpc) is 2.47. The van der Waals surface area contributed by atoms with Crippen molar-refractivity contribution in [1.82, 2.24) is 15.0 Å². The van der Waals surface area contributed by atoms with Crippen LogP contribution in [0.3, 0.4) is 0 Å². The first-order chi connectivity index (χ1) is 10.1. The first-order valence-corrected chi connectivity index (χ1v) is 7.19. The van der Waals surface area contributed by atoms with E-state index < -0.39 is 0 Å². The number of pyridine rings is 1. The van der Waals surface area contributed by atoms with Gasteiger partial charge in [0.15, 0.2) is 0 Å². The standard InChI is InChI=1S/C15H19N5S/c1-11-12(2)19-15(9-18-11)20(7-5-14(16)21)10-13-4-3-6-17-8-13/h3-4,6,8-9H,5,7,10H2,1-2H3,(H2,16,21). The smallest absolute Gasteiger partial charge is 0.147 e. The molecule has 0 spiro atoms. The molecule has 2 aromatic rings. The van der Waals surface area contributed by atoms with Crippen LogP contribution in [0.2, 0.25) is 0 Å². The van der Waals surface area contributed by atoms with Gasteiger partial charge in [-0.3, -0.25) is 9.97 Å². The molecule has 2 N–H and O–H groups in total. The minimum atomic E-state index is 0.503. The lowest BCUT2D eigenvalue weighted by Crippen LogP contribution is -2.28. The van der Waals surface area contributed by atoms with Gasteiger partial charge >= 0.3 is 0 Å². The van der Waals surface area contributed by atoms with Gasteiger partial charge in [-0.1, -0.05) is 18.3 Å². The molecule has 21 heavy (non-hydrogen) atoms. The van der Waals surface area contributed by atoms with E-state index in [0.29, 0.717) is 24.5 Å². The van der Waals surface area contributed by atoms with Gasteiger partial charge in [-0.2, -0.15) is 0 Å². The second-order valence-corrected chi connectivity index (χ2v) is 5.42. The number of nitrogens with two attached hydrogens (primary N) is 1. The Balaban J connectivity index is 2.22. The minimum absolute atomic E-state index is 0.503. The number of aromatic nitrogens is 3. The van der Waals surface area contributed by atoms with Gasteiger partial charge in [0.2, 0.25) is 0 Å². The van der Waals surface area contributed by atoms with E-state index in [0.717, 1.165) is 22.8 Å². The Labute approximate surface area is 130 Å². The van der Waals surface area contributed by atoms with E-state index in [2.05, 4.69) is 19.9 Å². The van der Waals surface area contributed by atoms with Crippen LogP contribution in [0.4, 0.5) is 5.82 Å². The monoisotopic (exact) mass is 301 g/mol. The highest BCUT2D eigenvalue weighted by Gasteiger charge is 2.11. The van der Waals surface area contributed by atoms with Crippen LogP contribution in [0.25, 0.3) is 0 Å². The van der Waals surface area contributed by atoms with Crippen LogP contribution in [-0.2, 0) is 6.54 Å². The predicted molar refractivity (Wildman–Crippen MR) is 88.2 cm³/mol. The zero-order chi connectivity index (χ0) is 15.2. The summed E-state index contributed by atoms with van der Waals surface area (Å²) in [7, 11) is 0. The van der Waals surface area contributed by atoms with Crippen LogP contribution in [0, 0.1) is 13.8 Å². The number of hydrogen-bond acceptors (Lipinski definition) is 5. The van der Waals surface area contributed by atoms with Crippen molar-refractivity contribution in [2.75, 3.05) is 11.4 Å². The Bertz CT molecular complexity index is 615. The van der Waals surface area contributed by atoms with E-state index in [4.69, 9.17) is 18.0 Å². The minimum Gasteiger partial charge on any atom is -0.393 e. The SMILES string of the molecule is Cc1ncc(N(CCC(N)=S)Cc2cccnc2)nc1C. The number of rotatable bonds is 6. The van der Waals surface area contributed by atoms with E-state index in [1.165, 1.54) is 0 Å². The Hall–Kier alpha value is -2.08. The third-order valence-corrected chi connectivity index (χ3v) is 3.43. The predicted octanol–water partition coefficient (Wildman–Crippen LogP) is 2.17. The topological polar surface area (TPSA) is 67.9 Å². The molecule has 110 valence electrons. The molecular weight excluding hydrogens is 282 g/mol. The van der Waals surface area contributed by atoms with Gasteiger partial charge in [0, 0.05) is 31.9 Å². The molecule has 6 heteroatoms. The highest BCUT2D eigenvalue weighted by atomic mass is 32.1. The van der Waals surface area contributed by atoms with Crippen molar-refractivity contribution in [1.29, 1.82) is 0 Å². The van der Waals surface area contributed by atoms with E-state index in [-0.39, 0.29) is 0 Å². The van der Waals surface area contributed by atoms with Gasteiger partial charge in [-0.05, 0) is 25.5 Å². The molecule has 0 aromatic carbocycles. The summed E-state index contributed by atoms with van der Waals surface area (Å²) in [6.07, 6.45) is 6.05. The van der Waals surface area contributed by atoms with Crippen molar-refractivity contribution < 1.29 is 0 Å². The van der Waals surface area contributed by atoms with Crippen molar-refractivity contribution in [3.8, 4) is 0 Å². The van der Waals surface area contributed by atoms with Crippen LogP contribution in [0.1, 0.15) is 23.4 Å². The summed E-state index contributed by atoms with van der Waals surface area (Å²) in [5, 5.41) is 0. The van der Waals surface area contributed by atoms with Crippen molar-refractivity contribution in [3.05, 3.63) is 47.7 Å². The fraction of sp³-hybridized carbons (Fsp3) is 0.333. The molecule has 0 fully saturated rings. The van der Waals surface area contributed by atoms with Gasteiger partial charge in [0.05, 0.1) is 22.6 Å². The summed E-state index contributed by atoms with van der Waals surface area (Å²) in [5.41, 5.74) is 8.60. The molecule has 5 nitrogen and oxygen atoms in total. The normalized spacial score (nSPS) is 10.4. The molecule has 0 saturated heterocycles. The molecule has 2 aromatic heterocycles. The van der Waals surface area contributed by atoms with Crippen molar-refractivity contribution in [2.45, 2.75) is 26.8 Å². The van der Waals surface area contributed by atoms with Crippen LogP contribution in [0.5, 0.6) is 0 Å². The summed E-state index contributed by atoms with van der Waals surface area (Å²) < 4.78 is 0. The zero-order valence-electron chi connectivity index (χ0n) is 12.3. The summed E-state index contributed by atoms with van der Waals surface area (Å²) in [4.78, 5) is 15.8. The number of thiocarbonyl (C=S) groups is 1. The largest absolute Gasteiger partial charge is 0.393 e. The molecule has 0 atom stereocenters. The van der Waals surface area contributed by atoms with Crippen molar-refractivity contribution in [2.24, 2.45) is 5.73 Å². The molecule has 2 rings (SSSR count). The average molecular weight is 301 g/mol. The second-order valence-electron chi connectivity index (χ2n) is 4.90. The first-order valence-electron chi connectivity index (χ1n) is 6.78. The van der Waals surface area contributed by atoms with Crippen molar-refractivity contribution in [3.63, 3.8) is 0 Å². The lowest BCUT2D eigenvalue weighted by molar-refractivity contribution is 0.778. The van der Waals surface area contributed by atoms with Gasteiger partial charge in [-0.25, -0.2) is 4.98 Å². The van der Waals surface area contributed by atoms with Crippen LogP contribution in [-0.4, -0.2) is 26.5 Å². The summed E-state index contributed by atoms with van der Waals surface area (Å²) in [5.74, 6) is 0.832. The Morgan fingerprint density at radius 1 is 1.29 bits per heavy atom. The molecule has 0 saturated carbocycles. The molecule has 2 heterocycles. The van der Waals surface area contributed by atoms with Crippen LogP contribution < -0.4 is 10.6 Å². The van der Waals surface area contributed by atoms with E-state index in [9.17, 15) is 0 Å². The number of nitrogens with zero attached hydrogens (tertiary/aromatic N) is 4. The van der Waals surface area contributed by atoms with E-state index >= 15 is 0 Å². The van der Waals surface area contributed by atoms with Crippen LogP contribution >= 0.6 is 12.2 Å². The number of aryl methyl sites for hydroxylation is 2. The maximum atomic E-state index is 5.62. The maximum Gasteiger partial charge on any atom is 0.147 e. The lowest BCUT2D eigenvalue weighted by atomic mass is 10.2. The second kappa shape index (κ2) is 7.08. The van der Waals surface area contributed by atoms with Crippen molar-refractivity contribution >= 4 is 23.0 Å². The third kappa shape index (κ3) is 4.46. The Morgan fingerprint density at radius 3 is 2.71 bits per heavy atom. The molecule has 0 aliphatic heterocycles. The molecular formula is C15H19N5S. The summed E-state index contributed by atoms with van der Waals surface area (Å²) in [6, 6.07) is 3.96. The van der Waals surface area contributed by atoms with Gasteiger partial charge < -0.3 is 10.6 Å². The zero-order valence-corrected chi connectivity index (χ0v) is 13.1. The maximum absolute atomic E-state index is 5.62. The quantitative estimate of drug-likeness (QED) is 0.825. The van der Waals surface area contributed by atoms with Gasteiger partial charge in [0.25, 0.3) is 0 Å². The Morgan fingerprint density at radius 2 is 2.10 bits per heavy atom. The van der Waals surface area contributed by atoms with Crippen LogP contribution in [0.15, 0.2) is 30.7 Å². The number of hydrogen-bond donors (Lipinski definition) is 1. The summed E-state index contributed by atoms with van der Waals surface area (Å²) >= 11 is 4.98. The summed E-state index contributed by atoms with van der Waals surface area (Å²) in [6.45, 7) is 5.32. The highest BCUT2D eigenvalue weighted by molar-refractivity contribution is 7.80. The third-order valence-electron chi connectivity index (χ3n) is 3.23. The fourth-order valence-electron chi connectivity index (χ4n) is 1.91. The highest BCUT2D eigenvalue weighted by Crippen LogP contribution is 2.15. The first kappa shape index (κ1) is 15.3. The number of anilines is 1. The fourth-order valence-corrected chi connectivity index (χ4v) is 2.01. The van der Waals surface area contributed by atoms with E-state index in [1.807, 2.05) is 32.2 Å². The molecule has 0 aliphatic carbocycles. The van der Waals surface area contributed by atoms with Gasteiger partial charge in [-0.15, -0.1) is 0 Å². The molecule has 0 amide bonds. The molecule has 0 aliphatic rings. The molecule has 0 bridgehead atoms. The lowest BCUT2D eigenvalue weighted by Gasteiger charge is -2.23. The van der Waals surface area contributed by atoms with Gasteiger partial charge in [0.1, 0.15) is 5.82 Å². The Kier molecular flexibility index (Phi) is 5.16.